The molecular formula is C28H36O3S. The van der Waals surface area contributed by atoms with Gasteiger partial charge in [-0.05, 0) is 49.7 Å². The number of hydrogen-bond donors (Lipinski definition) is 1. The Balaban J connectivity index is 1.45. The summed E-state index contributed by atoms with van der Waals surface area (Å²) in [4.78, 5) is 0. The number of aliphatic hydroxyl groups excluding tert-OH is 1. The van der Waals surface area contributed by atoms with Crippen LogP contribution in [0.3, 0.4) is 0 Å². The summed E-state index contributed by atoms with van der Waals surface area (Å²) in [6.07, 6.45) is 13.9. The first-order valence-corrected chi connectivity index (χ1v) is 12.8. The predicted molar refractivity (Wildman–Crippen MR) is 136 cm³/mol. The van der Waals surface area contributed by atoms with Gasteiger partial charge in [-0.15, -0.1) is 11.8 Å². The minimum absolute atomic E-state index is 0.0258. The van der Waals surface area contributed by atoms with Gasteiger partial charge >= 0.3 is 0 Å². The summed E-state index contributed by atoms with van der Waals surface area (Å²) in [6, 6.07) is 20.7. The summed E-state index contributed by atoms with van der Waals surface area (Å²) in [7, 11) is 0. The topological polar surface area (TPSA) is 38.7 Å². The maximum Gasteiger partial charge on any atom is 0.157 e. The molecule has 32 heavy (non-hydrogen) atoms. The van der Waals surface area contributed by atoms with Gasteiger partial charge in [-0.3, -0.25) is 0 Å². The molecule has 172 valence electrons. The van der Waals surface area contributed by atoms with Gasteiger partial charge in [-0.2, -0.15) is 0 Å². The highest BCUT2D eigenvalue weighted by Gasteiger charge is 2.17. The zero-order chi connectivity index (χ0) is 22.3. The molecule has 0 amide bonds. The van der Waals surface area contributed by atoms with Crippen LogP contribution in [0.4, 0.5) is 0 Å². The minimum Gasteiger partial charge on any atom is -0.392 e. The molecular weight excluding hydrogens is 416 g/mol. The molecule has 3 nitrogen and oxygen atoms in total. The Kier molecular flexibility index (Phi) is 11.7. The number of allylic oxidation sites excluding steroid dienone is 2. The summed E-state index contributed by atoms with van der Waals surface area (Å²) in [5.74, 6) is 0.886. The molecule has 1 saturated heterocycles. The van der Waals surface area contributed by atoms with E-state index in [1.165, 1.54) is 17.5 Å². The van der Waals surface area contributed by atoms with Crippen LogP contribution in [0.1, 0.15) is 49.7 Å². The van der Waals surface area contributed by atoms with E-state index in [1.54, 1.807) is 11.8 Å². The van der Waals surface area contributed by atoms with Crippen LogP contribution in [0.2, 0.25) is 0 Å². The lowest BCUT2D eigenvalue weighted by molar-refractivity contribution is -0.162. The second-order valence-electron chi connectivity index (χ2n) is 8.15. The average Bonchev–Trinajstić information content (AvgIpc) is 2.85. The van der Waals surface area contributed by atoms with Crippen molar-refractivity contribution in [1.29, 1.82) is 0 Å². The molecule has 0 spiro atoms. The molecule has 3 rings (SSSR count). The Morgan fingerprint density at radius 2 is 1.78 bits per heavy atom. The zero-order valence-corrected chi connectivity index (χ0v) is 19.7. The first-order chi connectivity index (χ1) is 15.8. The first kappa shape index (κ1) is 24.8. The smallest absolute Gasteiger partial charge is 0.157 e. The maximum absolute atomic E-state index is 10.9. The van der Waals surface area contributed by atoms with Crippen LogP contribution in [0.5, 0.6) is 0 Å². The Morgan fingerprint density at radius 3 is 2.53 bits per heavy atom. The Labute approximate surface area is 197 Å². The van der Waals surface area contributed by atoms with Crippen LogP contribution >= 0.6 is 11.8 Å². The highest BCUT2D eigenvalue weighted by Crippen LogP contribution is 2.24. The van der Waals surface area contributed by atoms with Gasteiger partial charge in [0.2, 0.25) is 0 Å². The second kappa shape index (κ2) is 15.1. The number of rotatable bonds is 13. The highest BCUT2D eigenvalue weighted by molar-refractivity contribution is 7.99. The van der Waals surface area contributed by atoms with Crippen molar-refractivity contribution in [2.24, 2.45) is 0 Å². The van der Waals surface area contributed by atoms with Crippen molar-refractivity contribution in [3.8, 4) is 0 Å². The van der Waals surface area contributed by atoms with E-state index in [4.69, 9.17) is 9.47 Å². The van der Waals surface area contributed by atoms with Gasteiger partial charge in [0.25, 0.3) is 0 Å². The van der Waals surface area contributed by atoms with Crippen LogP contribution in [0.15, 0.2) is 78.9 Å². The van der Waals surface area contributed by atoms with Gasteiger partial charge in [0, 0.05) is 24.2 Å². The van der Waals surface area contributed by atoms with E-state index in [0.29, 0.717) is 6.61 Å². The third-order valence-electron chi connectivity index (χ3n) is 5.50. The fourth-order valence-corrected chi connectivity index (χ4v) is 4.78. The molecule has 0 radical (unpaired) electrons. The molecule has 1 N–H and O–H groups in total. The second-order valence-corrected chi connectivity index (χ2v) is 9.31. The largest absolute Gasteiger partial charge is 0.392 e. The molecule has 0 saturated carbocycles. The fraction of sp³-hybridized carbons (Fsp3) is 0.429. The van der Waals surface area contributed by atoms with Crippen molar-refractivity contribution in [2.75, 3.05) is 13.2 Å². The lowest BCUT2D eigenvalue weighted by Crippen LogP contribution is -2.23. The number of thioether (sulfide) groups is 1. The zero-order valence-electron chi connectivity index (χ0n) is 18.9. The number of unbranched alkanes of at least 4 members (excludes halogenated alkanes) is 1. The average molecular weight is 453 g/mol. The normalized spacial score (nSPS) is 18.8. The summed E-state index contributed by atoms with van der Waals surface area (Å²) in [5, 5.41) is 10.9. The molecule has 1 heterocycles. The summed E-state index contributed by atoms with van der Waals surface area (Å²) in [6.45, 7) is 1.52. The molecule has 1 aliphatic rings. The molecule has 0 aromatic heterocycles. The number of hydrogen-bond acceptors (Lipinski definition) is 4. The molecule has 0 bridgehead atoms. The fourth-order valence-electron chi connectivity index (χ4n) is 3.64. The Bertz CT molecular complexity index is 785. The van der Waals surface area contributed by atoms with Crippen molar-refractivity contribution in [1.82, 2.24) is 0 Å². The molecule has 1 unspecified atom stereocenters. The third kappa shape index (κ3) is 9.74. The summed E-state index contributed by atoms with van der Waals surface area (Å²) < 4.78 is 11.4. The van der Waals surface area contributed by atoms with Gasteiger partial charge in [-0.25, -0.2) is 0 Å². The van der Waals surface area contributed by atoms with Crippen LogP contribution < -0.4 is 0 Å². The third-order valence-corrected chi connectivity index (χ3v) is 6.86. The lowest BCUT2D eigenvalue weighted by Gasteiger charge is -2.23. The Morgan fingerprint density at radius 1 is 1.00 bits per heavy atom. The van der Waals surface area contributed by atoms with Crippen LogP contribution in [0, 0.1) is 0 Å². The van der Waals surface area contributed by atoms with Crippen molar-refractivity contribution in [3.05, 3.63) is 90.0 Å². The maximum atomic E-state index is 10.9. The van der Waals surface area contributed by atoms with Crippen molar-refractivity contribution >= 4 is 17.8 Å². The standard InChI is InChI=1S/C28H36O3S/c29-26(18-9-11-21-30-28-20-10-12-22-31-28)27(32-23-25-16-5-2-6-17-25)19-8-7-15-24-13-3-1-4-14-24/h1-8,13-17,19,26-29H,9-12,18,20-23H2/b15-7+,19-8-/t26-,27+,28?/m0/s1. The number of benzene rings is 2. The molecule has 2 aromatic carbocycles. The van der Waals surface area contributed by atoms with E-state index in [-0.39, 0.29) is 17.6 Å². The van der Waals surface area contributed by atoms with Gasteiger partial charge in [0.1, 0.15) is 0 Å². The van der Waals surface area contributed by atoms with Crippen LogP contribution in [-0.4, -0.2) is 36.0 Å². The van der Waals surface area contributed by atoms with E-state index in [1.807, 2.05) is 24.3 Å². The van der Waals surface area contributed by atoms with E-state index in [0.717, 1.165) is 44.5 Å². The van der Waals surface area contributed by atoms with Gasteiger partial charge < -0.3 is 14.6 Å². The Hall–Kier alpha value is -1.85. The highest BCUT2D eigenvalue weighted by atomic mass is 32.2. The number of ether oxygens (including phenoxy) is 2. The van der Waals surface area contributed by atoms with Crippen molar-refractivity contribution in [2.45, 2.75) is 61.9 Å². The molecule has 4 heteroatoms. The molecule has 1 aliphatic heterocycles. The monoisotopic (exact) mass is 452 g/mol. The van der Waals surface area contributed by atoms with Gasteiger partial charge in [-0.1, -0.05) is 85.0 Å². The van der Waals surface area contributed by atoms with E-state index < -0.39 is 0 Å². The van der Waals surface area contributed by atoms with Gasteiger partial charge in [0.05, 0.1) is 6.10 Å². The SMILES string of the molecule is O[C@@H](CCCCOC1CCCCO1)[C@@H](/C=C\C=C\c1ccccc1)SCc1ccccc1. The molecule has 3 atom stereocenters. The van der Waals surface area contributed by atoms with Crippen LogP contribution in [0.25, 0.3) is 6.08 Å². The minimum atomic E-state index is -0.379. The van der Waals surface area contributed by atoms with E-state index in [2.05, 4.69) is 60.7 Å². The first-order valence-electron chi connectivity index (χ1n) is 11.8. The van der Waals surface area contributed by atoms with Gasteiger partial charge in [0.15, 0.2) is 6.29 Å². The summed E-state index contributed by atoms with van der Waals surface area (Å²) >= 11 is 1.79. The van der Waals surface area contributed by atoms with Crippen molar-refractivity contribution < 1.29 is 14.6 Å². The number of aliphatic hydroxyl groups is 1. The quantitative estimate of drug-likeness (QED) is 0.273. The molecule has 2 aromatic rings. The molecule has 1 fully saturated rings. The summed E-state index contributed by atoms with van der Waals surface area (Å²) in [5.41, 5.74) is 2.46. The molecule has 0 aliphatic carbocycles. The van der Waals surface area contributed by atoms with E-state index in [9.17, 15) is 5.11 Å². The van der Waals surface area contributed by atoms with E-state index >= 15 is 0 Å². The van der Waals surface area contributed by atoms with Crippen molar-refractivity contribution in [3.63, 3.8) is 0 Å². The predicted octanol–water partition coefficient (Wildman–Crippen LogP) is 6.63. The lowest BCUT2D eigenvalue weighted by atomic mass is 10.1. The van der Waals surface area contributed by atoms with Crippen LogP contribution in [-0.2, 0) is 15.2 Å².